The predicted molar refractivity (Wildman–Crippen MR) is 99.2 cm³/mol. The highest BCUT2D eigenvalue weighted by molar-refractivity contribution is 7.13. The summed E-state index contributed by atoms with van der Waals surface area (Å²) < 4.78 is 0. The summed E-state index contributed by atoms with van der Waals surface area (Å²) in [6.45, 7) is 0.867. The second kappa shape index (κ2) is 6.99. The molecule has 0 bridgehead atoms. The Kier molecular flexibility index (Phi) is 4.39. The molecule has 1 atom stereocenters. The molecule has 1 aliphatic rings. The molecule has 1 aromatic carbocycles. The standard InChI is InChI=1S/C20H17N3OS/c24-12-4-10-23-11-8-15-5-1-2-7-17(15)19(23)18-14-25-20(22-18)16-6-3-9-21-13-16/h1-7,9-10,12-14,19H,8,11H2. The van der Waals surface area contributed by atoms with Gasteiger partial charge in [0.2, 0.25) is 0 Å². The molecule has 0 saturated carbocycles. The summed E-state index contributed by atoms with van der Waals surface area (Å²) in [6.07, 6.45) is 8.81. The highest BCUT2D eigenvalue weighted by Crippen LogP contribution is 2.37. The number of fused-ring (bicyclic) bond motifs is 1. The zero-order valence-corrected chi connectivity index (χ0v) is 14.4. The Morgan fingerprint density at radius 1 is 1.20 bits per heavy atom. The second-order valence-corrected chi connectivity index (χ2v) is 6.74. The fourth-order valence-corrected chi connectivity index (χ4v) is 4.08. The molecule has 2 aromatic heterocycles. The molecule has 5 heteroatoms. The molecule has 4 rings (SSSR count). The SMILES string of the molecule is O=CC=CN1CCc2ccccc2C1c1csc(-c2cccnc2)n1. The summed E-state index contributed by atoms with van der Waals surface area (Å²) in [5.74, 6) is 0. The van der Waals surface area contributed by atoms with E-state index in [0.29, 0.717) is 0 Å². The molecular weight excluding hydrogens is 330 g/mol. The van der Waals surface area contributed by atoms with Gasteiger partial charge in [0, 0.05) is 36.1 Å². The third-order valence-corrected chi connectivity index (χ3v) is 5.30. The first kappa shape index (κ1) is 15.7. The van der Waals surface area contributed by atoms with E-state index in [4.69, 9.17) is 4.98 Å². The van der Waals surface area contributed by atoms with Crippen LogP contribution >= 0.6 is 11.3 Å². The van der Waals surface area contributed by atoms with Crippen LogP contribution in [0.2, 0.25) is 0 Å². The number of aromatic nitrogens is 2. The number of rotatable bonds is 4. The lowest BCUT2D eigenvalue weighted by Crippen LogP contribution is -2.32. The minimum atomic E-state index is 0.0304. The van der Waals surface area contributed by atoms with Gasteiger partial charge in [-0.2, -0.15) is 0 Å². The van der Waals surface area contributed by atoms with Gasteiger partial charge in [-0.3, -0.25) is 9.78 Å². The molecule has 0 spiro atoms. The number of pyridine rings is 1. The first-order valence-electron chi connectivity index (χ1n) is 8.18. The van der Waals surface area contributed by atoms with Crippen LogP contribution in [0.4, 0.5) is 0 Å². The number of nitrogens with zero attached hydrogens (tertiary/aromatic N) is 3. The van der Waals surface area contributed by atoms with E-state index < -0.39 is 0 Å². The number of benzene rings is 1. The van der Waals surface area contributed by atoms with Crippen LogP contribution in [-0.4, -0.2) is 27.7 Å². The van der Waals surface area contributed by atoms with E-state index in [1.807, 2.05) is 24.5 Å². The zero-order valence-electron chi connectivity index (χ0n) is 13.6. The van der Waals surface area contributed by atoms with E-state index in [9.17, 15) is 4.79 Å². The van der Waals surface area contributed by atoms with Crippen molar-refractivity contribution in [3.05, 3.63) is 83.3 Å². The molecule has 25 heavy (non-hydrogen) atoms. The summed E-state index contributed by atoms with van der Waals surface area (Å²) in [5.41, 5.74) is 4.64. The molecular formula is C20H17N3OS. The summed E-state index contributed by atoms with van der Waals surface area (Å²) in [6, 6.07) is 12.5. The Morgan fingerprint density at radius 3 is 2.96 bits per heavy atom. The van der Waals surface area contributed by atoms with Crippen molar-refractivity contribution in [2.75, 3.05) is 6.54 Å². The van der Waals surface area contributed by atoms with Crippen molar-refractivity contribution < 1.29 is 4.79 Å². The Labute approximate surface area is 150 Å². The highest BCUT2D eigenvalue weighted by atomic mass is 32.1. The number of aldehydes is 1. The number of thiazole rings is 1. The quantitative estimate of drug-likeness (QED) is 0.531. The first-order valence-corrected chi connectivity index (χ1v) is 9.06. The highest BCUT2D eigenvalue weighted by Gasteiger charge is 2.28. The molecule has 0 radical (unpaired) electrons. The summed E-state index contributed by atoms with van der Waals surface area (Å²) >= 11 is 1.63. The monoisotopic (exact) mass is 347 g/mol. The van der Waals surface area contributed by atoms with E-state index in [1.165, 1.54) is 11.1 Å². The summed E-state index contributed by atoms with van der Waals surface area (Å²) in [4.78, 5) is 22.0. The smallest absolute Gasteiger partial charge is 0.144 e. The maximum atomic E-state index is 10.8. The van der Waals surface area contributed by atoms with E-state index in [-0.39, 0.29) is 6.04 Å². The van der Waals surface area contributed by atoms with Gasteiger partial charge in [0.1, 0.15) is 11.3 Å². The minimum Gasteiger partial charge on any atom is -0.364 e. The minimum absolute atomic E-state index is 0.0304. The normalized spacial score (nSPS) is 16.8. The molecule has 0 amide bonds. The maximum absolute atomic E-state index is 10.8. The molecule has 0 aliphatic carbocycles. The van der Waals surface area contributed by atoms with E-state index in [2.05, 4.69) is 39.5 Å². The van der Waals surface area contributed by atoms with Crippen molar-refractivity contribution in [2.45, 2.75) is 12.5 Å². The van der Waals surface area contributed by atoms with Crippen LogP contribution in [0, 0.1) is 0 Å². The van der Waals surface area contributed by atoms with Crippen LogP contribution in [-0.2, 0) is 11.2 Å². The lowest BCUT2D eigenvalue weighted by atomic mass is 9.91. The topological polar surface area (TPSA) is 46.1 Å². The van der Waals surface area contributed by atoms with Crippen molar-refractivity contribution in [3.8, 4) is 10.6 Å². The van der Waals surface area contributed by atoms with Gasteiger partial charge in [0.15, 0.2) is 0 Å². The van der Waals surface area contributed by atoms with Gasteiger partial charge in [-0.05, 0) is 35.8 Å². The van der Waals surface area contributed by atoms with Crippen molar-refractivity contribution >= 4 is 17.6 Å². The van der Waals surface area contributed by atoms with Gasteiger partial charge in [-0.1, -0.05) is 24.3 Å². The Morgan fingerprint density at radius 2 is 2.12 bits per heavy atom. The average Bonchev–Trinajstić information content (AvgIpc) is 3.16. The fourth-order valence-electron chi connectivity index (χ4n) is 3.26. The lowest BCUT2D eigenvalue weighted by molar-refractivity contribution is -0.104. The number of hydrogen-bond donors (Lipinski definition) is 0. The molecule has 0 fully saturated rings. The summed E-state index contributed by atoms with van der Waals surface area (Å²) in [7, 11) is 0. The van der Waals surface area contributed by atoms with Crippen molar-refractivity contribution in [1.29, 1.82) is 0 Å². The van der Waals surface area contributed by atoms with Gasteiger partial charge >= 0.3 is 0 Å². The molecule has 1 unspecified atom stereocenters. The third-order valence-electron chi connectivity index (χ3n) is 4.39. The number of hydrogen-bond acceptors (Lipinski definition) is 5. The predicted octanol–water partition coefficient (Wildman–Crippen LogP) is 3.87. The van der Waals surface area contributed by atoms with Crippen LogP contribution < -0.4 is 0 Å². The molecule has 124 valence electrons. The second-order valence-electron chi connectivity index (χ2n) is 5.89. The van der Waals surface area contributed by atoms with Crippen LogP contribution in [0.1, 0.15) is 22.9 Å². The van der Waals surface area contributed by atoms with Gasteiger partial charge < -0.3 is 4.90 Å². The number of carbonyl (C=O) groups is 1. The van der Waals surface area contributed by atoms with Crippen LogP contribution in [0.3, 0.4) is 0 Å². The zero-order chi connectivity index (χ0) is 17.1. The number of carbonyl (C=O) groups excluding carboxylic acids is 1. The Bertz CT molecular complexity index is 904. The molecule has 4 nitrogen and oxygen atoms in total. The van der Waals surface area contributed by atoms with E-state index >= 15 is 0 Å². The molecule has 1 aliphatic heterocycles. The average molecular weight is 347 g/mol. The maximum Gasteiger partial charge on any atom is 0.144 e. The van der Waals surface area contributed by atoms with Crippen molar-refractivity contribution in [2.24, 2.45) is 0 Å². The number of allylic oxidation sites excluding steroid dienone is 1. The van der Waals surface area contributed by atoms with Crippen molar-refractivity contribution in [1.82, 2.24) is 14.9 Å². The van der Waals surface area contributed by atoms with Gasteiger partial charge in [-0.25, -0.2) is 4.98 Å². The van der Waals surface area contributed by atoms with E-state index in [1.54, 1.807) is 23.6 Å². The third kappa shape index (κ3) is 3.10. The van der Waals surface area contributed by atoms with Gasteiger partial charge in [0.05, 0.1) is 11.7 Å². The summed E-state index contributed by atoms with van der Waals surface area (Å²) in [5, 5.41) is 3.07. The molecule has 0 N–H and O–H groups in total. The lowest BCUT2D eigenvalue weighted by Gasteiger charge is -2.35. The van der Waals surface area contributed by atoms with Crippen LogP contribution in [0.25, 0.3) is 10.6 Å². The molecule has 3 heterocycles. The van der Waals surface area contributed by atoms with Crippen LogP contribution in [0.5, 0.6) is 0 Å². The van der Waals surface area contributed by atoms with E-state index in [0.717, 1.165) is 35.5 Å². The van der Waals surface area contributed by atoms with Gasteiger partial charge in [0.25, 0.3) is 0 Å². The first-order chi connectivity index (χ1) is 12.4. The van der Waals surface area contributed by atoms with Crippen LogP contribution in [0.15, 0.2) is 66.4 Å². The molecule has 0 saturated heterocycles. The largest absolute Gasteiger partial charge is 0.364 e. The Balaban J connectivity index is 1.76. The van der Waals surface area contributed by atoms with Crippen molar-refractivity contribution in [3.63, 3.8) is 0 Å². The van der Waals surface area contributed by atoms with Gasteiger partial charge in [-0.15, -0.1) is 11.3 Å². The molecule has 3 aromatic rings. The fraction of sp³-hybridized carbons (Fsp3) is 0.150. The Hall–Kier alpha value is -2.79.